The van der Waals surface area contributed by atoms with E-state index in [1.165, 1.54) is 36.0 Å². The highest BCUT2D eigenvalue weighted by Gasteiger charge is 2.39. The van der Waals surface area contributed by atoms with Crippen molar-refractivity contribution in [1.29, 1.82) is 0 Å². The molecule has 1 aliphatic rings. The molecule has 9 nitrogen and oxygen atoms in total. The molecule has 1 N–H and O–H groups in total. The number of hydrogen-bond donors (Lipinski definition) is 1. The van der Waals surface area contributed by atoms with E-state index in [1.54, 1.807) is 24.3 Å². The number of rotatable bonds is 6. The summed E-state index contributed by atoms with van der Waals surface area (Å²) in [4.78, 5) is 62.5. The Labute approximate surface area is 197 Å². The molecule has 0 saturated heterocycles. The SMILES string of the molecule is CSc1cccc(NC(=O)COC(=O)c2ccc3c(c2[N+](=O)[O-])C(=O)c2ccccc2C3=O)c1. The van der Waals surface area contributed by atoms with Crippen molar-refractivity contribution >= 4 is 46.6 Å². The molecule has 0 saturated carbocycles. The number of nitrogens with zero attached hydrogens (tertiary/aromatic N) is 1. The minimum absolute atomic E-state index is 0.0143. The van der Waals surface area contributed by atoms with E-state index in [2.05, 4.69) is 5.32 Å². The third-order valence-corrected chi connectivity index (χ3v) is 5.88. The van der Waals surface area contributed by atoms with Gasteiger partial charge in [0.2, 0.25) is 5.78 Å². The Kier molecular flexibility index (Phi) is 6.24. The first-order chi connectivity index (χ1) is 16.3. The molecular weight excluding hydrogens is 460 g/mol. The summed E-state index contributed by atoms with van der Waals surface area (Å²) >= 11 is 1.49. The molecule has 0 unspecified atom stereocenters. The van der Waals surface area contributed by atoms with Crippen LogP contribution in [0.15, 0.2) is 65.6 Å². The van der Waals surface area contributed by atoms with Crippen molar-refractivity contribution in [2.45, 2.75) is 4.90 Å². The molecule has 0 heterocycles. The van der Waals surface area contributed by atoms with Crippen molar-refractivity contribution in [3.63, 3.8) is 0 Å². The van der Waals surface area contributed by atoms with Crippen molar-refractivity contribution in [2.75, 3.05) is 18.2 Å². The van der Waals surface area contributed by atoms with Gasteiger partial charge < -0.3 is 10.1 Å². The Balaban J connectivity index is 1.59. The average Bonchev–Trinajstić information content (AvgIpc) is 2.85. The van der Waals surface area contributed by atoms with Crippen molar-refractivity contribution in [2.24, 2.45) is 0 Å². The lowest BCUT2D eigenvalue weighted by atomic mass is 9.82. The van der Waals surface area contributed by atoms with E-state index in [9.17, 15) is 29.3 Å². The van der Waals surface area contributed by atoms with Gasteiger partial charge in [-0.15, -0.1) is 11.8 Å². The monoisotopic (exact) mass is 476 g/mol. The maximum Gasteiger partial charge on any atom is 0.345 e. The fourth-order valence-electron chi connectivity index (χ4n) is 3.63. The number of carbonyl (C=O) groups is 4. The summed E-state index contributed by atoms with van der Waals surface area (Å²) in [6.45, 7) is -0.702. The molecule has 3 aromatic carbocycles. The van der Waals surface area contributed by atoms with Crippen molar-refractivity contribution in [3.8, 4) is 0 Å². The highest BCUT2D eigenvalue weighted by atomic mass is 32.2. The smallest absolute Gasteiger partial charge is 0.345 e. The quantitative estimate of drug-likeness (QED) is 0.192. The normalized spacial score (nSPS) is 11.9. The van der Waals surface area contributed by atoms with Crippen LogP contribution < -0.4 is 5.32 Å². The number of esters is 1. The van der Waals surface area contributed by atoms with Gasteiger partial charge in [-0.25, -0.2) is 4.79 Å². The molecule has 0 bridgehead atoms. The van der Waals surface area contributed by atoms with E-state index in [0.717, 1.165) is 11.0 Å². The van der Waals surface area contributed by atoms with Gasteiger partial charge >= 0.3 is 5.97 Å². The molecule has 0 aliphatic heterocycles. The number of benzene rings is 3. The lowest BCUT2D eigenvalue weighted by Crippen LogP contribution is -2.25. The number of carbonyl (C=O) groups excluding carboxylic acids is 4. The number of hydrogen-bond acceptors (Lipinski definition) is 8. The Morgan fingerprint density at radius 3 is 2.35 bits per heavy atom. The van der Waals surface area contributed by atoms with Gasteiger partial charge in [-0.3, -0.25) is 24.5 Å². The summed E-state index contributed by atoms with van der Waals surface area (Å²) in [7, 11) is 0. The van der Waals surface area contributed by atoms with Crippen LogP contribution in [-0.2, 0) is 9.53 Å². The molecule has 1 amide bonds. The van der Waals surface area contributed by atoms with Gasteiger partial charge in [-0.2, -0.15) is 0 Å². The number of anilines is 1. The summed E-state index contributed by atoms with van der Waals surface area (Å²) in [5.74, 6) is -3.10. The zero-order chi connectivity index (χ0) is 24.4. The first-order valence-electron chi connectivity index (χ1n) is 9.92. The number of nitro groups is 1. The summed E-state index contributed by atoms with van der Waals surface area (Å²) in [5.41, 5.74) is -1.35. The molecule has 0 atom stereocenters. The van der Waals surface area contributed by atoms with Gasteiger partial charge in [0, 0.05) is 27.3 Å². The fourth-order valence-corrected chi connectivity index (χ4v) is 4.09. The van der Waals surface area contributed by atoms with E-state index in [-0.39, 0.29) is 16.7 Å². The molecule has 3 aromatic rings. The number of amides is 1. The Bertz CT molecular complexity index is 1380. The fraction of sp³-hybridized carbons (Fsp3) is 0.0833. The topological polar surface area (TPSA) is 133 Å². The number of nitrogens with one attached hydrogen (secondary N) is 1. The van der Waals surface area contributed by atoms with Crippen LogP contribution in [-0.4, -0.2) is 41.2 Å². The molecule has 0 spiro atoms. The van der Waals surface area contributed by atoms with Crippen LogP contribution in [0, 0.1) is 10.1 Å². The van der Waals surface area contributed by atoms with Gasteiger partial charge in [-0.1, -0.05) is 30.3 Å². The molecule has 170 valence electrons. The van der Waals surface area contributed by atoms with Gasteiger partial charge in [0.05, 0.1) is 4.92 Å². The molecule has 1 aliphatic carbocycles. The van der Waals surface area contributed by atoms with Crippen LogP contribution >= 0.6 is 11.8 Å². The van der Waals surface area contributed by atoms with E-state index >= 15 is 0 Å². The highest BCUT2D eigenvalue weighted by Crippen LogP contribution is 2.35. The molecule has 10 heteroatoms. The Morgan fingerprint density at radius 1 is 0.971 bits per heavy atom. The maximum atomic E-state index is 13.0. The van der Waals surface area contributed by atoms with E-state index < -0.39 is 51.8 Å². The molecule has 0 radical (unpaired) electrons. The largest absolute Gasteiger partial charge is 0.452 e. The summed E-state index contributed by atoms with van der Waals surface area (Å²) in [6, 6.07) is 15.2. The van der Waals surface area contributed by atoms with Gasteiger partial charge in [0.15, 0.2) is 12.4 Å². The molecule has 4 rings (SSSR count). The maximum absolute atomic E-state index is 13.0. The van der Waals surface area contributed by atoms with Crippen LogP contribution in [0.1, 0.15) is 42.2 Å². The van der Waals surface area contributed by atoms with E-state index in [1.807, 2.05) is 12.3 Å². The highest BCUT2D eigenvalue weighted by molar-refractivity contribution is 7.98. The van der Waals surface area contributed by atoms with Crippen molar-refractivity contribution < 1.29 is 28.8 Å². The molecule has 34 heavy (non-hydrogen) atoms. The first-order valence-corrected chi connectivity index (χ1v) is 11.1. The van der Waals surface area contributed by atoms with E-state index in [0.29, 0.717) is 5.69 Å². The Morgan fingerprint density at radius 2 is 1.68 bits per heavy atom. The van der Waals surface area contributed by atoms with E-state index in [4.69, 9.17) is 4.74 Å². The minimum atomic E-state index is -1.17. The zero-order valence-electron chi connectivity index (χ0n) is 17.7. The van der Waals surface area contributed by atoms with Gasteiger partial charge in [0.1, 0.15) is 11.1 Å². The second kappa shape index (κ2) is 9.28. The van der Waals surface area contributed by atoms with Crippen molar-refractivity contribution in [3.05, 3.63) is 98.6 Å². The summed E-state index contributed by atoms with van der Waals surface area (Å²) < 4.78 is 4.98. The zero-order valence-corrected chi connectivity index (χ0v) is 18.5. The van der Waals surface area contributed by atoms with Crippen LogP contribution in [0.5, 0.6) is 0 Å². The second-order valence-corrected chi connectivity index (χ2v) is 8.08. The Hall–Kier alpha value is -4.31. The number of ether oxygens (including phenoxy) is 1. The number of nitro benzene ring substituents is 1. The molecule has 0 fully saturated rings. The number of fused-ring (bicyclic) bond motifs is 2. The standard InChI is InChI=1S/C24H16N2O7S/c1-34-14-6-4-5-13(11-14)25-19(27)12-33-24(30)18-10-9-17-20(21(18)26(31)32)23(29)16-8-3-2-7-15(16)22(17)28/h2-11H,12H2,1H3,(H,25,27). The predicted octanol–water partition coefficient (Wildman–Crippen LogP) is 3.89. The average molecular weight is 476 g/mol. The van der Waals surface area contributed by atoms with Crippen LogP contribution in [0.25, 0.3) is 0 Å². The van der Waals surface area contributed by atoms with Gasteiger partial charge in [-0.05, 0) is 36.6 Å². The van der Waals surface area contributed by atoms with Crippen LogP contribution in [0.4, 0.5) is 11.4 Å². The predicted molar refractivity (Wildman–Crippen MR) is 124 cm³/mol. The summed E-state index contributed by atoms with van der Waals surface area (Å²) in [5, 5.41) is 14.4. The third-order valence-electron chi connectivity index (χ3n) is 5.16. The van der Waals surface area contributed by atoms with Crippen LogP contribution in [0.2, 0.25) is 0 Å². The first kappa shape index (κ1) is 22.9. The van der Waals surface area contributed by atoms with Gasteiger partial charge in [0.25, 0.3) is 11.6 Å². The summed E-state index contributed by atoms with van der Waals surface area (Å²) in [6.07, 6.45) is 1.88. The molecular formula is C24H16N2O7S. The van der Waals surface area contributed by atoms with Crippen LogP contribution in [0.3, 0.4) is 0 Å². The minimum Gasteiger partial charge on any atom is -0.452 e. The lowest BCUT2D eigenvalue weighted by molar-refractivity contribution is -0.385. The third kappa shape index (κ3) is 4.18. The lowest BCUT2D eigenvalue weighted by Gasteiger charge is -2.18. The molecule has 0 aromatic heterocycles. The van der Waals surface area contributed by atoms with Crippen molar-refractivity contribution in [1.82, 2.24) is 0 Å². The number of thioether (sulfide) groups is 1. The number of ketones is 2. The second-order valence-electron chi connectivity index (χ2n) is 7.20.